The SMILES string of the molecule is N#Cc1ccc(S(=O)(=O)c2c3ccccc3c(-c3cc4c(-c5ccccc5)nc5ccccc5c4c4ccccc34)c3ccccc23)cc1. The van der Waals surface area contributed by atoms with Gasteiger partial charge in [-0.3, -0.25) is 0 Å². The Labute approximate surface area is 283 Å². The van der Waals surface area contributed by atoms with Gasteiger partial charge in [-0.05, 0) is 69.1 Å². The van der Waals surface area contributed by atoms with E-state index in [9.17, 15) is 13.7 Å². The van der Waals surface area contributed by atoms with Crippen molar-refractivity contribution in [1.29, 1.82) is 5.26 Å². The molecular formula is C44H26N2O2S. The highest BCUT2D eigenvalue weighted by Crippen LogP contribution is 2.47. The number of fused-ring (bicyclic) bond motifs is 7. The number of aromatic nitrogens is 1. The summed E-state index contributed by atoms with van der Waals surface area (Å²) < 4.78 is 29.1. The number of para-hydroxylation sites is 1. The summed E-state index contributed by atoms with van der Waals surface area (Å²) in [5.74, 6) is 0. The Bertz CT molecular complexity index is 2890. The second-order valence-electron chi connectivity index (χ2n) is 12.2. The van der Waals surface area contributed by atoms with Gasteiger partial charge in [-0.1, -0.05) is 121 Å². The molecule has 0 aliphatic carbocycles. The summed E-state index contributed by atoms with van der Waals surface area (Å²) >= 11 is 0. The van der Waals surface area contributed by atoms with Crippen LogP contribution in [0, 0.1) is 11.3 Å². The van der Waals surface area contributed by atoms with E-state index in [1.807, 2.05) is 72.8 Å². The third-order valence-electron chi connectivity index (χ3n) is 9.47. The molecule has 0 bridgehead atoms. The minimum Gasteiger partial charge on any atom is -0.247 e. The first-order valence-electron chi connectivity index (χ1n) is 16.0. The molecule has 49 heavy (non-hydrogen) atoms. The molecule has 0 spiro atoms. The average molecular weight is 647 g/mol. The average Bonchev–Trinajstić information content (AvgIpc) is 3.16. The Morgan fingerprint density at radius 2 is 1.04 bits per heavy atom. The van der Waals surface area contributed by atoms with Crippen molar-refractivity contribution in [2.45, 2.75) is 9.79 Å². The molecule has 1 aromatic heterocycles. The monoisotopic (exact) mass is 646 g/mol. The lowest BCUT2D eigenvalue weighted by Gasteiger charge is -2.20. The molecule has 4 nitrogen and oxygen atoms in total. The molecule has 9 rings (SSSR count). The van der Waals surface area contributed by atoms with E-state index in [4.69, 9.17) is 4.98 Å². The minimum atomic E-state index is -3.98. The Kier molecular flexibility index (Phi) is 6.55. The zero-order valence-corrected chi connectivity index (χ0v) is 26.9. The number of benzene rings is 8. The number of sulfone groups is 1. The van der Waals surface area contributed by atoms with Crippen LogP contribution in [0.3, 0.4) is 0 Å². The first-order valence-corrected chi connectivity index (χ1v) is 17.5. The highest BCUT2D eigenvalue weighted by molar-refractivity contribution is 7.92. The molecule has 0 fully saturated rings. The topological polar surface area (TPSA) is 70.8 Å². The maximum absolute atomic E-state index is 14.5. The van der Waals surface area contributed by atoms with Gasteiger partial charge >= 0.3 is 0 Å². The molecule has 0 radical (unpaired) electrons. The van der Waals surface area contributed by atoms with Gasteiger partial charge in [0, 0.05) is 32.5 Å². The summed E-state index contributed by atoms with van der Waals surface area (Å²) in [6.45, 7) is 0. The van der Waals surface area contributed by atoms with Gasteiger partial charge in [0.15, 0.2) is 0 Å². The van der Waals surface area contributed by atoms with Gasteiger partial charge in [0.05, 0.1) is 32.6 Å². The van der Waals surface area contributed by atoms with Crippen LogP contribution in [0.25, 0.3) is 76.4 Å². The summed E-state index contributed by atoms with van der Waals surface area (Å²) in [4.78, 5) is 5.64. The van der Waals surface area contributed by atoms with Gasteiger partial charge in [-0.2, -0.15) is 5.26 Å². The Morgan fingerprint density at radius 1 is 0.510 bits per heavy atom. The van der Waals surface area contributed by atoms with Crippen molar-refractivity contribution in [3.8, 4) is 28.5 Å². The van der Waals surface area contributed by atoms with Crippen LogP contribution >= 0.6 is 0 Å². The van der Waals surface area contributed by atoms with E-state index in [-0.39, 0.29) is 9.79 Å². The standard InChI is InChI=1S/C44H26N2O2S/c45-27-28-22-24-30(25-23-28)49(47,48)44-35-18-8-6-16-33(35)41(34-17-7-9-19-36(34)44)38-26-39-42(32-15-5-4-14-31(32)38)37-20-10-11-21-40(37)46-43(39)29-12-2-1-3-13-29/h1-26H. The zero-order valence-electron chi connectivity index (χ0n) is 26.1. The van der Waals surface area contributed by atoms with Crippen LogP contribution in [0.5, 0.6) is 0 Å². The maximum atomic E-state index is 14.5. The predicted octanol–water partition coefficient (Wildman–Crippen LogP) is 10.9. The number of nitriles is 1. The predicted molar refractivity (Wildman–Crippen MR) is 199 cm³/mol. The summed E-state index contributed by atoms with van der Waals surface area (Å²) in [5, 5.41) is 17.7. The van der Waals surface area contributed by atoms with E-state index in [1.165, 1.54) is 12.1 Å². The van der Waals surface area contributed by atoms with Crippen LogP contribution < -0.4 is 0 Å². The first-order chi connectivity index (χ1) is 24.0. The summed E-state index contributed by atoms with van der Waals surface area (Å²) in [7, 11) is -3.98. The Hall–Kier alpha value is -6.35. The van der Waals surface area contributed by atoms with Crippen molar-refractivity contribution in [2.75, 3.05) is 0 Å². The van der Waals surface area contributed by atoms with Crippen molar-refractivity contribution in [3.63, 3.8) is 0 Å². The van der Waals surface area contributed by atoms with Crippen LogP contribution in [0.4, 0.5) is 0 Å². The second kappa shape index (κ2) is 11.1. The molecule has 0 atom stereocenters. The first kappa shape index (κ1) is 28.8. The van der Waals surface area contributed by atoms with E-state index < -0.39 is 9.84 Å². The van der Waals surface area contributed by atoms with Gasteiger partial charge in [0.2, 0.25) is 9.84 Å². The number of nitrogens with zero attached hydrogens (tertiary/aromatic N) is 2. The number of pyridine rings is 1. The van der Waals surface area contributed by atoms with Crippen molar-refractivity contribution in [3.05, 3.63) is 163 Å². The van der Waals surface area contributed by atoms with Gasteiger partial charge in [0.25, 0.3) is 0 Å². The summed E-state index contributed by atoms with van der Waals surface area (Å²) in [5.41, 5.74) is 5.24. The van der Waals surface area contributed by atoms with Crippen molar-refractivity contribution >= 4 is 63.8 Å². The Morgan fingerprint density at radius 3 is 1.67 bits per heavy atom. The lowest BCUT2D eigenvalue weighted by molar-refractivity contribution is 0.597. The summed E-state index contributed by atoms with van der Waals surface area (Å²) in [6, 6.07) is 53.1. The molecule has 0 saturated carbocycles. The van der Waals surface area contributed by atoms with Gasteiger partial charge in [-0.25, -0.2) is 13.4 Å². The smallest absolute Gasteiger partial charge is 0.207 e. The molecule has 0 aliphatic heterocycles. The third kappa shape index (κ3) is 4.42. The number of hydrogen-bond donors (Lipinski definition) is 0. The zero-order chi connectivity index (χ0) is 33.1. The van der Waals surface area contributed by atoms with E-state index >= 15 is 0 Å². The normalized spacial score (nSPS) is 11.8. The quantitative estimate of drug-likeness (QED) is 0.141. The third-order valence-corrected chi connectivity index (χ3v) is 11.3. The maximum Gasteiger partial charge on any atom is 0.207 e. The summed E-state index contributed by atoms with van der Waals surface area (Å²) in [6.07, 6.45) is 0. The van der Waals surface area contributed by atoms with E-state index in [0.29, 0.717) is 16.3 Å². The van der Waals surface area contributed by atoms with Gasteiger partial charge in [-0.15, -0.1) is 0 Å². The van der Waals surface area contributed by atoms with Crippen LogP contribution in [-0.4, -0.2) is 13.4 Å². The van der Waals surface area contributed by atoms with Crippen molar-refractivity contribution in [2.24, 2.45) is 0 Å². The van der Waals surface area contributed by atoms with Crippen LogP contribution in [0.15, 0.2) is 168 Å². The van der Waals surface area contributed by atoms with Crippen LogP contribution in [0.2, 0.25) is 0 Å². The molecule has 5 heteroatoms. The largest absolute Gasteiger partial charge is 0.247 e. The highest BCUT2D eigenvalue weighted by Gasteiger charge is 2.27. The fourth-order valence-corrected chi connectivity index (χ4v) is 9.00. The fraction of sp³-hybridized carbons (Fsp3) is 0. The van der Waals surface area contributed by atoms with E-state index in [2.05, 4.69) is 66.7 Å². The van der Waals surface area contributed by atoms with E-state index in [1.54, 1.807) is 12.1 Å². The molecule has 230 valence electrons. The van der Waals surface area contributed by atoms with Crippen molar-refractivity contribution in [1.82, 2.24) is 4.98 Å². The lowest BCUT2D eigenvalue weighted by Crippen LogP contribution is -2.05. The Balaban J connectivity index is 1.46. The molecule has 9 aromatic rings. The molecule has 1 heterocycles. The molecule has 0 amide bonds. The fourth-order valence-electron chi connectivity index (χ4n) is 7.33. The molecule has 0 N–H and O–H groups in total. The van der Waals surface area contributed by atoms with Crippen LogP contribution in [0.1, 0.15) is 5.56 Å². The highest BCUT2D eigenvalue weighted by atomic mass is 32.2. The number of rotatable bonds is 4. The molecule has 0 unspecified atom stereocenters. The van der Waals surface area contributed by atoms with Gasteiger partial charge in [0.1, 0.15) is 0 Å². The minimum absolute atomic E-state index is 0.149. The molecule has 0 saturated heterocycles. The van der Waals surface area contributed by atoms with Crippen molar-refractivity contribution < 1.29 is 8.42 Å². The molecular weight excluding hydrogens is 621 g/mol. The molecule has 0 aliphatic rings. The lowest BCUT2D eigenvalue weighted by atomic mass is 9.86. The van der Waals surface area contributed by atoms with E-state index in [0.717, 1.165) is 65.6 Å². The molecule has 8 aromatic carbocycles. The van der Waals surface area contributed by atoms with Gasteiger partial charge < -0.3 is 0 Å². The number of hydrogen-bond acceptors (Lipinski definition) is 4. The second-order valence-corrected chi connectivity index (χ2v) is 14.1. The van der Waals surface area contributed by atoms with Crippen LogP contribution in [-0.2, 0) is 9.84 Å².